The molecule has 2 N–H and O–H groups in total. The van der Waals surface area contributed by atoms with Gasteiger partial charge < -0.3 is 9.97 Å². The normalized spacial score (nSPS) is 11.6. The van der Waals surface area contributed by atoms with Gasteiger partial charge in [0, 0.05) is 49.7 Å². The zero-order valence-electron chi connectivity index (χ0n) is 17.3. The second kappa shape index (κ2) is 7.85. The monoisotopic (exact) mass is 476 g/mol. The summed E-state index contributed by atoms with van der Waals surface area (Å²) in [5.41, 5.74) is 8.47. The van der Waals surface area contributed by atoms with Gasteiger partial charge in [-0.15, -0.1) is 0 Å². The molecule has 2 nitrogen and oxygen atoms in total. The molecular weight excluding hydrogens is 456 g/mol. The van der Waals surface area contributed by atoms with Gasteiger partial charge in [-0.3, -0.25) is 0 Å². The Bertz CT molecular complexity index is 1490. The fourth-order valence-corrected chi connectivity index (χ4v) is 5.27. The van der Waals surface area contributed by atoms with E-state index in [0.29, 0.717) is 0 Å². The Morgan fingerprint density at radius 2 is 1.25 bits per heavy atom. The molecule has 0 amide bonds. The van der Waals surface area contributed by atoms with Crippen molar-refractivity contribution in [3.8, 4) is 11.1 Å². The number of hydrogen-bond donors (Lipinski definition) is 2. The Kier molecular flexibility index (Phi) is 4.70. The smallest absolute Gasteiger partial charge is 0.0607 e. The molecule has 0 unspecified atom stereocenters. The van der Waals surface area contributed by atoms with Crippen molar-refractivity contribution in [1.82, 2.24) is 9.97 Å². The lowest BCUT2D eigenvalue weighted by molar-refractivity contribution is 0.941. The number of hydrogen-bond acceptors (Lipinski definition) is 0. The number of aromatic nitrogens is 2. The molecule has 6 rings (SSSR count). The van der Waals surface area contributed by atoms with E-state index in [1.165, 1.54) is 38.7 Å². The highest BCUT2D eigenvalue weighted by molar-refractivity contribution is 9.10. The van der Waals surface area contributed by atoms with Gasteiger partial charge in [-0.05, 0) is 39.2 Å². The number of para-hydroxylation sites is 2. The van der Waals surface area contributed by atoms with Crippen molar-refractivity contribution in [3.63, 3.8) is 0 Å². The standard InChI is InChI=1S/C29H21BrN2/c30-24-16-9-15-22-27(23-18-31-25-17-8-7-14-21(23)25)29(32-28(22)24)26(19-10-3-1-4-11-19)20-12-5-2-6-13-20/h1-18,26,31-32H. The summed E-state index contributed by atoms with van der Waals surface area (Å²) in [4.78, 5) is 7.30. The molecule has 32 heavy (non-hydrogen) atoms. The molecule has 0 aliphatic heterocycles. The van der Waals surface area contributed by atoms with Gasteiger partial charge in [0.1, 0.15) is 0 Å². The van der Waals surface area contributed by atoms with Crippen LogP contribution in [-0.2, 0) is 0 Å². The summed E-state index contributed by atoms with van der Waals surface area (Å²) < 4.78 is 1.07. The lowest BCUT2D eigenvalue weighted by Gasteiger charge is -2.19. The van der Waals surface area contributed by atoms with Crippen LogP contribution in [0.15, 0.2) is 114 Å². The van der Waals surface area contributed by atoms with E-state index in [2.05, 4.69) is 135 Å². The molecular formula is C29H21BrN2. The predicted octanol–water partition coefficient (Wildman–Crippen LogP) is 8.26. The van der Waals surface area contributed by atoms with Crippen LogP contribution in [0.4, 0.5) is 0 Å². The summed E-state index contributed by atoms with van der Waals surface area (Å²) in [6, 6.07) is 36.5. The fraction of sp³-hybridized carbons (Fsp3) is 0.0345. The third kappa shape index (κ3) is 3.09. The third-order valence-corrected chi connectivity index (χ3v) is 6.89. The fourth-order valence-electron chi connectivity index (χ4n) is 4.80. The molecule has 154 valence electrons. The first-order valence-corrected chi connectivity index (χ1v) is 11.6. The summed E-state index contributed by atoms with van der Waals surface area (Å²) in [6.45, 7) is 0. The lowest BCUT2D eigenvalue weighted by atomic mass is 9.85. The van der Waals surface area contributed by atoms with Crippen LogP contribution in [0.25, 0.3) is 32.9 Å². The van der Waals surface area contributed by atoms with E-state index < -0.39 is 0 Å². The molecule has 0 fully saturated rings. The predicted molar refractivity (Wildman–Crippen MR) is 137 cm³/mol. The maximum atomic E-state index is 3.82. The number of nitrogens with one attached hydrogen (secondary N) is 2. The van der Waals surface area contributed by atoms with Gasteiger partial charge >= 0.3 is 0 Å². The van der Waals surface area contributed by atoms with Crippen molar-refractivity contribution in [2.45, 2.75) is 5.92 Å². The Labute approximate surface area is 195 Å². The van der Waals surface area contributed by atoms with Crippen LogP contribution in [0.5, 0.6) is 0 Å². The second-order valence-electron chi connectivity index (χ2n) is 8.08. The van der Waals surface area contributed by atoms with Crippen LogP contribution in [-0.4, -0.2) is 9.97 Å². The van der Waals surface area contributed by atoms with Gasteiger partial charge in [-0.2, -0.15) is 0 Å². The zero-order chi connectivity index (χ0) is 21.5. The van der Waals surface area contributed by atoms with Crippen molar-refractivity contribution in [2.75, 3.05) is 0 Å². The van der Waals surface area contributed by atoms with Crippen molar-refractivity contribution in [3.05, 3.63) is 131 Å². The minimum atomic E-state index is 0.0837. The highest BCUT2D eigenvalue weighted by Crippen LogP contribution is 2.44. The van der Waals surface area contributed by atoms with E-state index in [9.17, 15) is 0 Å². The summed E-state index contributed by atoms with van der Waals surface area (Å²) in [5.74, 6) is 0.0837. The highest BCUT2D eigenvalue weighted by atomic mass is 79.9. The number of halogens is 1. The van der Waals surface area contributed by atoms with E-state index in [-0.39, 0.29) is 5.92 Å². The Balaban J connectivity index is 1.72. The summed E-state index contributed by atoms with van der Waals surface area (Å²) in [6.07, 6.45) is 2.14. The van der Waals surface area contributed by atoms with Gasteiger partial charge in [-0.1, -0.05) is 91.0 Å². The van der Waals surface area contributed by atoms with Crippen LogP contribution in [0.2, 0.25) is 0 Å². The molecule has 0 saturated heterocycles. The summed E-state index contributed by atoms with van der Waals surface area (Å²) >= 11 is 3.78. The number of benzene rings is 4. The minimum absolute atomic E-state index is 0.0837. The first-order valence-electron chi connectivity index (χ1n) is 10.8. The van der Waals surface area contributed by atoms with E-state index in [1.54, 1.807) is 0 Å². The number of fused-ring (bicyclic) bond motifs is 2. The molecule has 0 radical (unpaired) electrons. The quantitative estimate of drug-likeness (QED) is 0.256. The van der Waals surface area contributed by atoms with Gasteiger partial charge in [0.15, 0.2) is 0 Å². The molecule has 0 aliphatic rings. The van der Waals surface area contributed by atoms with Crippen LogP contribution >= 0.6 is 15.9 Å². The number of H-pyrrole nitrogens is 2. The second-order valence-corrected chi connectivity index (χ2v) is 8.93. The zero-order valence-corrected chi connectivity index (χ0v) is 18.9. The van der Waals surface area contributed by atoms with E-state index in [0.717, 1.165) is 15.5 Å². The van der Waals surface area contributed by atoms with Crippen molar-refractivity contribution in [1.29, 1.82) is 0 Å². The van der Waals surface area contributed by atoms with E-state index in [1.807, 2.05) is 0 Å². The molecule has 3 heteroatoms. The highest BCUT2D eigenvalue weighted by Gasteiger charge is 2.26. The first-order chi connectivity index (χ1) is 15.8. The van der Waals surface area contributed by atoms with Crippen molar-refractivity contribution in [2.24, 2.45) is 0 Å². The molecule has 0 atom stereocenters. The molecule has 2 heterocycles. The van der Waals surface area contributed by atoms with Gasteiger partial charge in [-0.25, -0.2) is 0 Å². The maximum absolute atomic E-state index is 3.82. The largest absolute Gasteiger partial charge is 0.361 e. The SMILES string of the molecule is Brc1cccc2c(-c3c[nH]c4ccccc34)c(C(c3ccccc3)c3ccccc3)[nH]c12. The third-order valence-electron chi connectivity index (χ3n) is 6.23. The Morgan fingerprint density at radius 3 is 1.97 bits per heavy atom. The average Bonchev–Trinajstić information content (AvgIpc) is 3.43. The van der Waals surface area contributed by atoms with Gasteiger partial charge in [0.05, 0.1) is 5.52 Å². The Morgan fingerprint density at radius 1 is 0.625 bits per heavy atom. The Hall–Kier alpha value is -3.56. The van der Waals surface area contributed by atoms with Crippen LogP contribution in [0.3, 0.4) is 0 Å². The average molecular weight is 477 g/mol. The molecule has 0 saturated carbocycles. The molecule has 0 bridgehead atoms. The summed E-state index contributed by atoms with van der Waals surface area (Å²) in [5, 5.41) is 2.45. The van der Waals surface area contributed by atoms with E-state index in [4.69, 9.17) is 0 Å². The van der Waals surface area contributed by atoms with Gasteiger partial charge in [0.25, 0.3) is 0 Å². The number of rotatable bonds is 4. The number of aromatic amines is 2. The molecule has 2 aromatic heterocycles. The van der Waals surface area contributed by atoms with E-state index >= 15 is 0 Å². The van der Waals surface area contributed by atoms with Crippen LogP contribution in [0.1, 0.15) is 22.7 Å². The molecule has 0 spiro atoms. The molecule has 0 aliphatic carbocycles. The summed E-state index contributed by atoms with van der Waals surface area (Å²) in [7, 11) is 0. The lowest BCUT2D eigenvalue weighted by Crippen LogP contribution is -2.05. The van der Waals surface area contributed by atoms with Gasteiger partial charge in [0.2, 0.25) is 0 Å². The molecule has 4 aromatic carbocycles. The first kappa shape index (κ1) is 19.1. The maximum Gasteiger partial charge on any atom is 0.0607 e. The van der Waals surface area contributed by atoms with Crippen LogP contribution < -0.4 is 0 Å². The topological polar surface area (TPSA) is 31.6 Å². The van der Waals surface area contributed by atoms with Crippen LogP contribution in [0, 0.1) is 0 Å². The van der Waals surface area contributed by atoms with Crippen molar-refractivity contribution < 1.29 is 0 Å². The molecule has 6 aromatic rings. The minimum Gasteiger partial charge on any atom is -0.361 e. The van der Waals surface area contributed by atoms with Crippen molar-refractivity contribution >= 4 is 37.7 Å².